The highest BCUT2D eigenvalue weighted by molar-refractivity contribution is 6.04. The number of rotatable bonds is 9. The SMILES string of the molecule is NC(=O)c1c(N(c2ccccc2)C2CC2)ccnc1Nc1ccc(OCC(=O)N2CCOCC2)cc1. The van der Waals surface area contributed by atoms with E-state index in [1.54, 1.807) is 23.2 Å². The number of primary amides is 1. The zero-order valence-corrected chi connectivity index (χ0v) is 19.9. The summed E-state index contributed by atoms with van der Waals surface area (Å²) >= 11 is 0. The molecule has 5 rings (SSSR count). The van der Waals surface area contributed by atoms with E-state index >= 15 is 0 Å². The number of hydrogen-bond acceptors (Lipinski definition) is 7. The molecule has 36 heavy (non-hydrogen) atoms. The minimum absolute atomic E-state index is 0.0291. The lowest BCUT2D eigenvalue weighted by atomic mass is 10.1. The number of morpholine rings is 1. The maximum Gasteiger partial charge on any atom is 0.260 e. The summed E-state index contributed by atoms with van der Waals surface area (Å²) in [5.74, 6) is 0.343. The Labute approximate surface area is 209 Å². The summed E-state index contributed by atoms with van der Waals surface area (Å²) in [7, 11) is 0. The molecule has 2 aliphatic rings. The second-order valence-electron chi connectivity index (χ2n) is 8.79. The van der Waals surface area contributed by atoms with Crippen LogP contribution in [0.25, 0.3) is 0 Å². The Balaban J connectivity index is 1.32. The molecule has 2 amide bonds. The van der Waals surface area contributed by atoms with Crippen LogP contribution >= 0.6 is 0 Å². The van der Waals surface area contributed by atoms with Crippen molar-refractivity contribution in [3.63, 3.8) is 0 Å². The summed E-state index contributed by atoms with van der Waals surface area (Å²) in [4.78, 5) is 33.2. The molecule has 186 valence electrons. The number of para-hydroxylation sites is 1. The number of anilines is 4. The van der Waals surface area contributed by atoms with Crippen molar-refractivity contribution in [3.05, 3.63) is 72.4 Å². The average Bonchev–Trinajstić information content (AvgIpc) is 3.74. The standard InChI is InChI=1S/C27H29N5O4/c28-26(34)25-23(32(21-8-9-21)20-4-2-1-3-5-20)12-13-29-27(25)30-19-6-10-22(11-7-19)36-18-24(33)31-14-16-35-17-15-31/h1-7,10-13,21H,8-9,14-18H2,(H2,28,34)(H,29,30). The molecule has 1 aliphatic carbocycles. The van der Waals surface area contributed by atoms with Crippen LogP contribution in [0.2, 0.25) is 0 Å². The van der Waals surface area contributed by atoms with E-state index in [9.17, 15) is 9.59 Å². The molecule has 1 aliphatic heterocycles. The van der Waals surface area contributed by atoms with Gasteiger partial charge in [-0.1, -0.05) is 18.2 Å². The summed E-state index contributed by atoms with van der Waals surface area (Å²) in [5, 5.41) is 3.22. The van der Waals surface area contributed by atoms with Crippen molar-refractivity contribution in [1.29, 1.82) is 0 Å². The van der Waals surface area contributed by atoms with Crippen molar-refractivity contribution < 1.29 is 19.1 Å². The van der Waals surface area contributed by atoms with Crippen molar-refractivity contribution in [2.75, 3.05) is 43.1 Å². The number of nitrogens with zero attached hydrogens (tertiary/aromatic N) is 3. The van der Waals surface area contributed by atoms with Crippen LogP contribution in [-0.4, -0.2) is 60.7 Å². The molecule has 2 heterocycles. The minimum Gasteiger partial charge on any atom is -0.484 e. The molecule has 1 saturated carbocycles. The Kier molecular flexibility index (Phi) is 6.99. The van der Waals surface area contributed by atoms with E-state index < -0.39 is 5.91 Å². The van der Waals surface area contributed by atoms with Crippen LogP contribution in [0.15, 0.2) is 66.9 Å². The summed E-state index contributed by atoms with van der Waals surface area (Å²) < 4.78 is 10.9. The van der Waals surface area contributed by atoms with E-state index in [2.05, 4.69) is 15.2 Å². The summed E-state index contributed by atoms with van der Waals surface area (Å²) in [6.07, 6.45) is 3.78. The smallest absolute Gasteiger partial charge is 0.260 e. The fourth-order valence-corrected chi connectivity index (χ4v) is 4.28. The second kappa shape index (κ2) is 10.7. The zero-order chi connectivity index (χ0) is 24.9. The van der Waals surface area contributed by atoms with E-state index in [1.807, 2.05) is 48.5 Å². The molecule has 9 nitrogen and oxygen atoms in total. The number of nitrogens with two attached hydrogens (primary N) is 1. The quantitative estimate of drug-likeness (QED) is 0.476. The van der Waals surface area contributed by atoms with Gasteiger partial charge in [0.2, 0.25) is 0 Å². The van der Waals surface area contributed by atoms with Gasteiger partial charge in [-0.15, -0.1) is 0 Å². The first-order valence-corrected chi connectivity index (χ1v) is 12.1. The molecule has 0 radical (unpaired) electrons. The minimum atomic E-state index is -0.552. The monoisotopic (exact) mass is 487 g/mol. The number of pyridine rings is 1. The van der Waals surface area contributed by atoms with Crippen LogP contribution in [0.1, 0.15) is 23.2 Å². The van der Waals surface area contributed by atoms with Gasteiger partial charge in [-0.2, -0.15) is 0 Å². The molecule has 0 atom stereocenters. The lowest BCUT2D eigenvalue weighted by molar-refractivity contribution is -0.137. The van der Waals surface area contributed by atoms with Gasteiger partial charge in [0.15, 0.2) is 6.61 Å². The zero-order valence-electron chi connectivity index (χ0n) is 19.9. The predicted octanol–water partition coefficient (Wildman–Crippen LogP) is 3.46. The first-order valence-electron chi connectivity index (χ1n) is 12.1. The van der Waals surface area contributed by atoms with Crippen molar-refractivity contribution in [2.24, 2.45) is 5.73 Å². The Morgan fingerprint density at radius 1 is 1.06 bits per heavy atom. The summed E-state index contributed by atoms with van der Waals surface area (Å²) in [6.45, 7) is 2.25. The van der Waals surface area contributed by atoms with E-state index in [0.29, 0.717) is 55.2 Å². The number of carbonyl (C=O) groups is 2. The van der Waals surface area contributed by atoms with Crippen molar-refractivity contribution >= 4 is 34.7 Å². The maximum atomic E-state index is 12.6. The molecule has 3 N–H and O–H groups in total. The molecule has 0 bridgehead atoms. The third-order valence-electron chi connectivity index (χ3n) is 6.22. The van der Waals surface area contributed by atoms with Crippen LogP contribution in [0.5, 0.6) is 5.75 Å². The highest BCUT2D eigenvalue weighted by Crippen LogP contribution is 2.41. The fraction of sp³-hybridized carbons (Fsp3) is 0.296. The molecule has 3 aromatic rings. The number of ether oxygens (including phenoxy) is 2. The Hall–Kier alpha value is -4.11. The van der Waals surface area contributed by atoms with Crippen LogP contribution in [0, 0.1) is 0 Å². The Morgan fingerprint density at radius 2 is 1.78 bits per heavy atom. The van der Waals surface area contributed by atoms with Crippen LogP contribution in [-0.2, 0) is 9.53 Å². The molecule has 0 unspecified atom stereocenters. The lowest BCUT2D eigenvalue weighted by Gasteiger charge is -2.27. The van der Waals surface area contributed by atoms with Crippen LogP contribution in [0.3, 0.4) is 0 Å². The number of hydrogen-bond donors (Lipinski definition) is 2. The van der Waals surface area contributed by atoms with Gasteiger partial charge in [-0.3, -0.25) is 9.59 Å². The summed E-state index contributed by atoms with van der Waals surface area (Å²) in [6, 6.07) is 19.3. The maximum absolute atomic E-state index is 12.6. The molecule has 1 aromatic heterocycles. The number of nitrogens with one attached hydrogen (secondary N) is 1. The van der Waals surface area contributed by atoms with Gasteiger partial charge in [0, 0.05) is 36.7 Å². The lowest BCUT2D eigenvalue weighted by Crippen LogP contribution is -2.42. The molecular formula is C27H29N5O4. The number of carbonyl (C=O) groups excluding carboxylic acids is 2. The van der Waals surface area contributed by atoms with Gasteiger partial charge in [0.05, 0.1) is 18.9 Å². The molecule has 2 aromatic carbocycles. The highest BCUT2D eigenvalue weighted by Gasteiger charge is 2.33. The largest absolute Gasteiger partial charge is 0.484 e. The predicted molar refractivity (Wildman–Crippen MR) is 137 cm³/mol. The Bertz CT molecular complexity index is 1210. The third kappa shape index (κ3) is 5.41. The normalized spacial score (nSPS) is 15.3. The second-order valence-corrected chi connectivity index (χ2v) is 8.79. The van der Waals surface area contributed by atoms with E-state index in [4.69, 9.17) is 15.2 Å². The van der Waals surface area contributed by atoms with E-state index in [1.165, 1.54) is 0 Å². The average molecular weight is 488 g/mol. The van der Waals surface area contributed by atoms with Crippen LogP contribution in [0.4, 0.5) is 22.9 Å². The fourth-order valence-electron chi connectivity index (χ4n) is 4.28. The Morgan fingerprint density at radius 3 is 2.44 bits per heavy atom. The third-order valence-corrected chi connectivity index (χ3v) is 6.22. The molecule has 0 spiro atoms. The van der Waals surface area contributed by atoms with Crippen LogP contribution < -0.4 is 20.7 Å². The van der Waals surface area contributed by atoms with E-state index in [-0.39, 0.29) is 12.5 Å². The molecule has 1 saturated heterocycles. The number of benzene rings is 2. The highest BCUT2D eigenvalue weighted by atomic mass is 16.5. The topological polar surface area (TPSA) is 110 Å². The van der Waals surface area contributed by atoms with Gasteiger partial charge in [0.25, 0.3) is 11.8 Å². The van der Waals surface area contributed by atoms with E-state index in [0.717, 1.165) is 24.2 Å². The van der Waals surface area contributed by atoms with Gasteiger partial charge >= 0.3 is 0 Å². The van der Waals surface area contributed by atoms with Gasteiger partial charge < -0.3 is 30.3 Å². The first-order chi connectivity index (χ1) is 17.6. The summed E-state index contributed by atoms with van der Waals surface area (Å²) in [5.41, 5.74) is 8.64. The van der Waals surface area contributed by atoms with Crippen molar-refractivity contribution in [1.82, 2.24) is 9.88 Å². The number of amides is 2. The molecule has 9 heteroatoms. The van der Waals surface area contributed by atoms with Gasteiger partial charge in [-0.25, -0.2) is 4.98 Å². The molecule has 2 fully saturated rings. The van der Waals surface area contributed by atoms with Crippen molar-refractivity contribution in [2.45, 2.75) is 18.9 Å². The van der Waals surface area contributed by atoms with Gasteiger partial charge in [-0.05, 0) is 55.3 Å². The number of aromatic nitrogens is 1. The van der Waals surface area contributed by atoms with Crippen molar-refractivity contribution in [3.8, 4) is 5.75 Å². The van der Waals surface area contributed by atoms with Gasteiger partial charge in [0.1, 0.15) is 17.1 Å². The first kappa shape index (κ1) is 23.6. The molecular weight excluding hydrogens is 458 g/mol.